The van der Waals surface area contributed by atoms with Gasteiger partial charge in [-0.15, -0.1) is 0 Å². The lowest BCUT2D eigenvalue weighted by Gasteiger charge is -2.16. The highest BCUT2D eigenvalue weighted by molar-refractivity contribution is 6.31. The molecule has 1 atom stereocenters. The van der Waals surface area contributed by atoms with E-state index in [1.165, 1.54) is 0 Å². The SMILES string of the molecule is CCOCCCC(NN)c1c(Cl)cnn1C. The first-order chi connectivity index (χ1) is 7.70. The third kappa shape index (κ3) is 3.45. The third-order valence-corrected chi connectivity index (χ3v) is 2.75. The van der Waals surface area contributed by atoms with Gasteiger partial charge in [0, 0.05) is 20.3 Å². The second kappa shape index (κ2) is 6.85. The zero-order valence-electron chi connectivity index (χ0n) is 9.74. The van der Waals surface area contributed by atoms with Gasteiger partial charge in [-0.1, -0.05) is 11.6 Å². The average molecular weight is 247 g/mol. The molecule has 5 nitrogen and oxygen atoms in total. The molecule has 0 bridgehead atoms. The molecular formula is C10H19ClN4O. The summed E-state index contributed by atoms with van der Waals surface area (Å²) in [4.78, 5) is 0. The molecule has 1 heterocycles. The van der Waals surface area contributed by atoms with E-state index in [0.29, 0.717) is 5.02 Å². The fourth-order valence-corrected chi connectivity index (χ4v) is 1.94. The van der Waals surface area contributed by atoms with Gasteiger partial charge in [-0.2, -0.15) is 5.10 Å². The highest BCUT2D eigenvalue weighted by Crippen LogP contribution is 2.24. The second-order valence-corrected chi connectivity index (χ2v) is 3.97. The summed E-state index contributed by atoms with van der Waals surface area (Å²) < 4.78 is 7.03. The molecule has 0 amide bonds. The van der Waals surface area contributed by atoms with Crippen LogP contribution in [0.2, 0.25) is 5.02 Å². The van der Waals surface area contributed by atoms with Crippen LogP contribution in [0.3, 0.4) is 0 Å². The predicted molar refractivity (Wildman–Crippen MR) is 64.0 cm³/mol. The van der Waals surface area contributed by atoms with Gasteiger partial charge in [0.25, 0.3) is 0 Å². The molecule has 0 aliphatic rings. The van der Waals surface area contributed by atoms with Crippen molar-refractivity contribution >= 4 is 11.6 Å². The third-order valence-electron chi connectivity index (χ3n) is 2.45. The van der Waals surface area contributed by atoms with Crippen molar-refractivity contribution in [2.75, 3.05) is 13.2 Å². The lowest BCUT2D eigenvalue weighted by atomic mass is 10.1. The highest BCUT2D eigenvalue weighted by Gasteiger charge is 2.17. The number of nitrogens with zero attached hydrogens (tertiary/aromatic N) is 2. The monoisotopic (exact) mass is 246 g/mol. The summed E-state index contributed by atoms with van der Waals surface area (Å²) in [6, 6.07) is 0.0143. The molecule has 16 heavy (non-hydrogen) atoms. The van der Waals surface area contributed by atoms with E-state index in [0.717, 1.165) is 31.7 Å². The largest absolute Gasteiger partial charge is 0.382 e. The van der Waals surface area contributed by atoms with Crippen LogP contribution in [-0.2, 0) is 11.8 Å². The molecule has 3 N–H and O–H groups in total. The van der Waals surface area contributed by atoms with E-state index in [1.54, 1.807) is 10.9 Å². The van der Waals surface area contributed by atoms with Crippen molar-refractivity contribution in [2.24, 2.45) is 12.9 Å². The van der Waals surface area contributed by atoms with Crippen LogP contribution in [0.15, 0.2) is 6.20 Å². The Bertz CT molecular complexity index is 296. The van der Waals surface area contributed by atoms with Gasteiger partial charge in [-0.3, -0.25) is 16.0 Å². The number of nitrogens with one attached hydrogen (secondary N) is 1. The number of ether oxygens (including phenoxy) is 1. The highest BCUT2D eigenvalue weighted by atomic mass is 35.5. The minimum atomic E-state index is 0.0143. The van der Waals surface area contributed by atoms with E-state index in [9.17, 15) is 0 Å². The average Bonchev–Trinajstić information content (AvgIpc) is 2.60. The molecule has 0 fully saturated rings. The Labute approximate surface area is 101 Å². The Morgan fingerprint density at radius 3 is 2.94 bits per heavy atom. The molecule has 1 rings (SSSR count). The van der Waals surface area contributed by atoms with Gasteiger partial charge in [-0.05, 0) is 19.8 Å². The van der Waals surface area contributed by atoms with Gasteiger partial charge in [0.05, 0.1) is 23.0 Å². The van der Waals surface area contributed by atoms with Gasteiger partial charge in [-0.25, -0.2) is 0 Å². The van der Waals surface area contributed by atoms with Crippen molar-refractivity contribution in [1.82, 2.24) is 15.2 Å². The first-order valence-corrected chi connectivity index (χ1v) is 5.79. The molecule has 0 radical (unpaired) electrons. The standard InChI is InChI=1S/C10H19ClN4O/c1-3-16-6-4-5-9(14-12)10-8(11)7-13-15(10)2/h7,9,14H,3-6,12H2,1-2H3. The summed E-state index contributed by atoms with van der Waals surface area (Å²) in [6.45, 7) is 3.47. The molecule has 0 saturated carbocycles. The number of rotatable bonds is 7. The molecule has 0 spiro atoms. The van der Waals surface area contributed by atoms with Gasteiger partial charge in [0.2, 0.25) is 0 Å². The van der Waals surface area contributed by atoms with Crippen LogP contribution in [0, 0.1) is 0 Å². The number of halogens is 1. The predicted octanol–water partition coefficient (Wildman–Crippen LogP) is 1.39. The van der Waals surface area contributed by atoms with Crippen molar-refractivity contribution in [3.63, 3.8) is 0 Å². The molecule has 1 aromatic heterocycles. The van der Waals surface area contributed by atoms with Gasteiger partial charge in [0.1, 0.15) is 0 Å². The summed E-state index contributed by atoms with van der Waals surface area (Å²) in [5.41, 5.74) is 3.68. The van der Waals surface area contributed by atoms with E-state index < -0.39 is 0 Å². The van der Waals surface area contributed by atoms with Gasteiger partial charge < -0.3 is 4.74 Å². The van der Waals surface area contributed by atoms with Crippen molar-refractivity contribution in [3.8, 4) is 0 Å². The minimum Gasteiger partial charge on any atom is -0.382 e. The number of hydrogen-bond acceptors (Lipinski definition) is 4. The lowest BCUT2D eigenvalue weighted by Crippen LogP contribution is -2.30. The smallest absolute Gasteiger partial charge is 0.0834 e. The summed E-state index contributed by atoms with van der Waals surface area (Å²) in [6.07, 6.45) is 3.43. The maximum absolute atomic E-state index is 6.05. The van der Waals surface area contributed by atoms with E-state index in [4.69, 9.17) is 22.2 Å². The van der Waals surface area contributed by atoms with Crippen molar-refractivity contribution in [1.29, 1.82) is 0 Å². The molecule has 6 heteroatoms. The van der Waals surface area contributed by atoms with E-state index in [1.807, 2.05) is 14.0 Å². The molecule has 0 saturated heterocycles. The van der Waals surface area contributed by atoms with Gasteiger partial charge in [0.15, 0.2) is 0 Å². The Morgan fingerprint density at radius 1 is 1.69 bits per heavy atom. The molecule has 92 valence electrons. The number of hydrazine groups is 1. The van der Waals surface area contributed by atoms with Crippen LogP contribution >= 0.6 is 11.6 Å². The first kappa shape index (κ1) is 13.4. The number of nitrogens with two attached hydrogens (primary N) is 1. The summed E-state index contributed by atoms with van der Waals surface area (Å²) in [5, 5.41) is 4.73. The van der Waals surface area contributed by atoms with Crippen LogP contribution < -0.4 is 11.3 Å². The Balaban J connectivity index is 2.54. The quantitative estimate of drug-likeness (QED) is 0.434. The molecule has 0 aliphatic carbocycles. The molecule has 0 aromatic carbocycles. The van der Waals surface area contributed by atoms with Crippen molar-refractivity contribution < 1.29 is 4.74 Å². The number of aromatic nitrogens is 2. The summed E-state index contributed by atoms with van der Waals surface area (Å²) in [5.74, 6) is 5.53. The minimum absolute atomic E-state index is 0.0143. The molecule has 0 aliphatic heterocycles. The first-order valence-electron chi connectivity index (χ1n) is 5.42. The number of hydrogen-bond donors (Lipinski definition) is 2. The Hall–Kier alpha value is -0.620. The fourth-order valence-electron chi connectivity index (χ4n) is 1.65. The normalized spacial score (nSPS) is 13.0. The maximum atomic E-state index is 6.05. The Kier molecular flexibility index (Phi) is 5.76. The van der Waals surface area contributed by atoms with Crippen LogP contribution in [0.25, 0.3) is 0 Å². The van der Waals surface area contributed by atoms with Crippen molar-refractivity contribution in [2.45, 2.75) is 25.8 Å². The Morgan fingerprint density at radius 2 is 2.44 bits per heavy atom. The molecule has 1 aromatic rings. The van der Waals surface area contributed by atoms with Crippen LogP contribution in [0.4, 0.5) is 0 Å². The van der Waals surface area contributed by atoms with E-state index in [2.05, 4.69) is 10.5 Å². The van der Waals surface area contributed by atoms with Crippen LogP contribution in [0.5, 0.6) is 0 Å². The number of aryl methyl sites for hydroxylation is 1. The van der Waals surface area contributed by atoms with Crippen molar-refractivity contribution in [3.05, 3.63) is 16.9 Å². The van der Waals surface area contributed by atoms with Gasteiger partial charge >= 0.3 is 0 Å². The van der Waals surface area contributed by atoms with Crippen LogP contribution in [-0.4, -0.2) is 23.0 Å². The lowest BCUT2D eigenvalue weighted by molar-refractivity contribution is 0.140. The van der Waals surface area contributed by atoms with E-state index >= 15 is 0 Å². The maximum Gasteiger partial charge on any atom is 0.0834 e. The zero-order chi connectivity index (χ0) is 12.0. The molecule has 1 unspecified atom stereocenters. The van der Waals surface area contributed by atoms with Crippen LogP contribution in [0.1, 0.15) is 31.5 Å². The topological polar surface area (TPSA) is 65.1 Å². The molecular weight excluding hydrogens is 228 g/mol. The summed E-state index contributed by atoms with van der Waals surface area (Å²) in [7, 11) is 1.86. The fraction of sp³-hybridized carbons (Fsp3) is 0.700. The second-order valence-electron chi connectivity index (χ2n) is 3.56. The zero-order valence-corrected chi connectivity index (χ0v) is 10.5. The summed E-state index contributed by atoms with van der Waals surface area (Å²) >= 11 is 6.05. The van der Waals surface area contributed by atoms with E-state index in [-0.39, 0.29) is 6.04 Å².